The first-order valence-corrected chi connectivity index (χ1v) is 8.88. The average molecular weight is 428 g/mol. The fourth-order valence-electron chi connectivity index (χ4n) is 2.97. The van der Waals surface area contributed by atoms with Crippen molar-refractivity contribution in [1.82, 2.24) is 9.88 Å². The van der Waals surface area contributed by atoms with E-state index in [1.165, 1.54) is 12.1 Å². The maximum Gasteiger partial charge on any atom is 0.416 e. The van der Waals surface area contributed by atoms with Crippen LogP contribution >= 0.6 is 15.9 Å². The van der Waals surface area contributed by atoms with Crippen molar-refractivity contribution in [2.45, 2.75) is 13.1 Å². The van der Waals surface area contributed by atoms with Crippen LogP contribution in [0.1, 0.15) is 21.5 Å². The number of amides is 1. The summed E-state index contributed by atoms with van der Waals surface area (Å²) in [7, 11) is 0. The molecule has 0 unspecified atom stereocenters. The number of aromatic nitrogens is 1. The van der Waals surface area contributed by atoms with Gasteiger partial charge in [-0.1, -0.05) is 0 Å². The Balaban J connectivity index is 1.65. The summed E-state index contributed by atoms with van der Waals surface area (Å²) in [4.78, 5) is 20.7. The van der Waals surface area contributed by atoms with E-state index in [1.54, 1.807) is 11.1 Å². The topological polar surface area (TPSA) is 36.4 Å². The molecule has 26 heavy (non-hydrogen) atoms. The molecule has 0 saturated carbocycles. The largest absolute Gasteiger partial charge is 0.416 e. The van der Waals surface area contributed by atoms with E-state index in [0.717, 1.165) is 28.0 Å². The molecule has 1 saturated heterocycles. The highest BCUT2D eigenvalue weighted by Crippen LogP contribution is 2.29. The zero-order valence-electron chi connectivity index (χ0n) is 14.1. The molecule has 0 atom stereocenters. The summed E-state index contributed by atoms with van der Waals surface area (Å²) in [5.74, 6) is 0.633. The lowest BCUT2D eigenvalue weighted by Gasteiger charge is -2.36. The van der Waals surface area contributed by atoms with Crippen molar-refractivity contribution < 1.29 is 18.0 Å². The van der Waals surface area contributed by atoms with E-state index < -0.39 is 11.7 Å². The van der Waals surface area contributed by atoms with Crippen LogP contribution in [0.15, 0.2) is 41.0 Å². The number of nitrogens with zero attached hydrogens (tertiary/aromatic N) is 3. The highest BCUT2D eigenvalue weighted by molar-refractivity contribution is 9.10. The molecular weight excluding hydrogens is 411 g/mol. The zero-order chi connectivity index (χ0) is 18.9. The molecule has 4 nitrogen and oxygen atoms in total. The third-order valence-electron chi connectivity index (χ3n) is 4.34. The second kappa shape index (κ2) is 7.26. The fourth-order valence-corrected chi connectivity index (χ4v) is 3.42. The molecule has 1 aliphatic heterocycles. The Morgan fingerprint density at radius 2 is 1.73 bits per heavy atom. The first-order valence-electron chi connectivity index (χ1n) is 8.09. The molecule has 1 fully saturated rings. The summed E-state index contributed by atoms with van der Waals surface area (Å²) in [6.45, 7) is 4.23. The van der Waals surface area contributed by atoms with Crippen LogP contribution in [-0.4, -0.2) is 42.0 Å². The number of hydrogen-bond donors (Lipinski definition) is 0. The molecule has 8 heteroatoms. The molecule has 3 rings (SSSR count). The first-order chi connectivity index (χ1) is 12.3. The van der Waals surface area contributed by atoms with Gasteiger partial charge in [0.1, 0.15) is 5.82 Å². The molecule has 0 bridgehead atoms. The Bertz CT molecular complexity index is 800. The lowest BCUT2D eigenvalue weighted by atomic mass is 10.1. The summed E-state index contributed by atoms with van der Waals surface area (Å²) >= 11 is 3.39. The summed E-state index contributed by atoms with van der Waals surface area (Å²) in [6, 6.07) is 6.34. The Hall–Kier alpha value is -2.09. The third-order valence-corrected chi connectivity index (χ3v) is 4.78. The molecule has 2 heterocycles. The minimum atomic E-state index is -4.40. The molecule has 0 N–H and O–H groups in total. The normalized spacial score (nSPS) is 15.3. The van der Waals surface area contributed by atoms with Crippen LogP contribution in [-0.2, 0) is 6.18 Å². The predicted molar refractivity (Wildman–Crippen MR) is 96.2 cm³/mol. The molecule has 2 aromatic rings. The Kier molecular flexibility index (Phi) is 5.22. The number of benzene rings is 1. The van der Waals surface area contributed by atoms with Gasteiger partial charge in [-0.25, -0.2) is 4.98 Å². The van der Waals surface area contributed by atoms with Crippen LogP contribution in [0.5, 0.6) is 0 Å². The van der Waals surface area contributed by atoms with Gasteiger partial charge < -0.3 is 9.80 Å². The number of anilines is 1. The minimum absolute atomic E-state index is 0.251. The highest BCUT2D eigenvalue weighted by Gasteiger charge is 2.31. The SMILES string of the molecule is Cc1cc(Br)cnc1N1CCN(C(=O)c2ccc(C(F)(F)F)cc2)CC1. The van der Waals surface area contributed by atoms with E-state index in [1.807, 2.05) is 13.0 Å². The fraction of sp³-hybridized carbons (Fsp3) is 0.333. The number of alkyl halides is 3. The smallest absolute Gasteiger partial charge is 0.353 e. The van der Waals surface area contributed by atoms with Crippen LogP contribution in [0.2, 0.25) is 0 Å². The minimum Gasteiger partial charge on any atom is -0.353 e. The van der Waals surface area contributed by atoms with Gasteiger partial charge in [-0.3, -0.25) is 4.79 Å². The van der Waals surface area contributed by atoms with Gasteiger partial charge in [0.2, 0.25) is 0 Å². The van der Waals surface area contributed by atoms with Crippen molar-refractivity contribution in [3.8, 4) is 0 Å². The Morgan fingerprint density at radius 3 is 2.27 bits per heavy atom. The molecule has 0 aliphatic carbocycles. The van der Waals surface area contributed by atoms with E-state index in [0.29, 0.717) is 26.2 Å². The van der Waals surface area contributed by atoms with Gasteiger partial charge in [0, 0.05) is 42.4 Å². The van der Waals surface area contributed by atoms with Gasteiger partial charge in [0.15, 0.2) is 0 Å². The number of piperazine rings is 1. The van der Waals surface area contributed by atoms with Crippen LogP contribution in [0.25, 0.3) is 0 Å². The summed E-state index contributed by atoms with van der Waals surface area (Å²) in [5, 5.41) is 0. The molecule has 1 amide bonds. The average Bonchev–Trinajstić information content (AvgIpc) is 2.61. The van der Waals surface area contributed by atoms with E-state index in [4.69, 9.17) is 0 Å². The zero-order valence-corrected chi connectivity index (χ0v) is 15.6. The number of aryl methyl sites for hydroxylation is 1. The van der Waals surface area contributed by atoms with Crippen molar-refractivity contribution in [2.24, 2.45) is 0 Å². The molecule has 0 spiro atoms. The van der Waals surface area contributed by atoms with Gasteiger partial charge in [-0.15, -0.1) is 0 Å². The van der Waals surface area contributed by atoms with Gasteiger partial charge >= 0.3 is 6.18 Å². The number of pyridine rings is 1. The van der Waals surface area contributed by atoms with Crippen LogP contribution < -0.4 is 4.90 Å². The number of carbonyl (C=O) groups excluding carboxylic acids is 1. The van der Waals surface area contributed by atoms with E-state index >= 15 is 0 Å². The van der Waals surface area contributed by atoms with E-state index in [9.17, 15) is 18.0 Å². The maximum atomic E-state index is 12.6. The third kappa shape index (κ3) is 4.00. The molecule has 1 aromatic carbocycles. The Labute approximate surface area is 157 Å². The maximum absolute atomic E-state index is 12.6. The summed E-state index contributed by atoms with van der Waals surface area (Å²) in [6.07, 6.45) is -2.66. The molecule has 0 radical (unpaired) electrons. The highest BCUT2D eigenvalue weighted by atomic mass is 79.9. The monoisotopic (exact) mass is 427 g/mol. The van der Waals surface area contributed by atoms with Crippen LogP contribution in [0.3, 0.4) is 0 Å². The van der Waals surface area contributed by atoms with E-state index in [-0.39, 0.29) is 11.5 Å². The van der Waals surface area contributed by atoms with Gasteiger partial charge in [-0.05, 0) is 58.7 Å². The van der Waals surface area contributed by atoms with Crippen molar-refractivity contribution >= 4 is 27.7 Å². The first kappa shape index (κ1) is 18.7. The van der Waals surface area contributed by atoms with Gasteiger partial charge in [0.25, 0.3) is 5.91 Å². The van der Waals surface area contributed by atoms with Crippen molar-refractivity contribution in [3.05, 3.63) is 57.7 Å². The molecule has 138 valence electrons. The summed E-state index contributed by atoms with van der Waals surface area (Å²) < 4.78 is 38.8. The number of rotatable bonds is 2. The molecule has 1 aliphatic rings. The van der Waals surface area contributed by atoms with Crippen molar-refractivity contribution in [3.63, 3.8) is 0 Å². The number of halogens is 4. The second-order valence-corrected chi connectivity index (χ2v) is 7.06. The lowest BCUT2D eigenvalue weighted by Crippen LogP contribution is -2.49. The van der Waals surface area contributed by atoms with Crippen molar-refractivity contribution in [2.75, 3.05) is 31.1 Å². The second-order valence-electron chi connectivity index (χ2n) is 6.15. The van der Waals surface area contributed by atoms with Gasteiger partial charge in [-0.2, -0.15) is 13.2 Å². The van der Waals surface area contributed by atoms with Gasteiger partial charge in [0.05, 0.1) is 5.56 Å². The predicted octanol–water partition coefficient (Wildman–Crippen LogP) is 4.13. The van der Waals surface area contributed by atoms with Crippen LogP contribution in [0.4, 0.5) is 19.0 Å². The Morgan fingerprint density at radius 1 is 1.12 bits per heavy atom. The summed E-state index contributed by atoms with van der Waals surface area (Å²) in [5.41, 5.74) is 0.557. The number of carbonyl (C=O) groups is 1. The van der Waals surface area contributed by atoms with E-state index in [2.05, 4.69) is 25.8 Å². The molecular formula is C18H17BrF3N3O. The van der Waals surface area contributed by atoms with Crippen LogP contribution in [0, 0.1) is 6.92 Å². The standard InChI is InChI=1S/C18H17BrF3N3O/c1-12-10-15(19)11-23-16(12)24-6-8-25(9-7-24)17(26)13-2-4-14(5-3-13)18(20,21)22/h2-5,10-11H,6-9H2,1H3. The number of hydrogen-bond acceptors (Lipinski definition) is 3. The molecule has 1 aromatic heterocycles. The van der Waals surface area contributed by atoms with Crippen molar-refractivity contribution in [1.29, 1.82) is 0 Å². The lowest BCUT2D eigenvalue weighted by molar-refractivity contribution is -0.137. The quantitative estimate of drug-likeness (QED) is 0.722.